The van der Waals surface area contributed by atoms with E-state index in [1.807, 2.05) is 51.1 Å². The zero-order chi connectivity index (χ0) is 14.5. The molecule has 0 radical (unpaired) electrons. The number of aliphatic hydroxyl groups is 1. The first-order chi connectivity index (χ1) is 8.79. The zero-order valence-corrected chi connectivity index (χ0v) is 11.8. The van der Waals surface area contributed by atoms with Gasteiger partial charge in [-0.2, -0.15) is 0 Å². The van der Waals surface area contributed by atoms with Crippen molar-refractivity contribution in [2.45, 2.75) is 45.5 Å². The summed E-state index contributed by atoms with van der Waals surface area (Å²) in [6.07, 6.45) is -0.0171. The molecule has 0 heterocycles. The minimum absolute atomic E-state index is 0.469. The fourth-order valence-electron chi connectivity index (χ4n) is 1.84. The summed E-state index contributed by atoms with van der Waals surface area (Å²) in [5.74, 6) is -1.23. The van der Waals surface area contributed by atoms with Crippen molar-refractivity contribution in [1.29, 1.82) is 0 Å². The van der Waals surface area contributed by atoms with Crippen molar-refractivity contribution < 1.29 is 14.6 Å². The monoisotopic (exact) mass is 265 g/mol. The Balaban J connectivity index is 2.61. The zero-order valence-electron chi connectivity index (χ0n) is 11.8. The lowest BCUT2D eigenvalue weighted by Gasteiger charge is -2.28. The molecule has 1 aromatic rings. The van der Waals surface area contributed by atoms with Crippen LogP contribution >= 0.6 is 0 Å². The fourth-order valence-corrected chi connectivity index (χ4v) is 1.84. The summed E-state index contributed by atoms with van der Waals surface area (Å²) >= 11 is 0. The van der Waals surface area contributed by atoms with Crippen molar-refractivity contribution in [2.24, 2.45) is 11.7 Å². The van der Waals surface area contributed by atoms with Crippen LogP contribution in [-0.4, -0.2) is 22.9 Å². The maximum absolute atomic E-state index is 11.4. The second-order valence-electron chi connectivity index (χ2n) is 5.65. The molecule has 1 amide bonds. The van der Waals surface area contributed by atoms with E-state index >= 15 is 0 Å². The van der Waals surface area contributed by atoms with Gasteiger partial charge in [-0.3, -0.25) is 4.79 Å². The van der Waals surface area contributed by atoms with E-state index in [1.54, 1.807) is 0 Å². The molecule has 0 aliphatic heterocycles. The summed E-state index contributed by atoms with van der Waals surface area (Å²) in [6, 6.07) is 9.78. The van der Waals surface area contributed by atoms with Crippen LogP contribution in [0.25, 0.3) is 0 Å². The van der Waals surface area contributed by atoms with E-state index in [2.05, 4.69) is 0 Å². The Morgan fingerprint density at radius 2 is 1.89 bits per heavy atom. The van der Waals surface area contributed by atoms with Crippen LogP contribution in [0.15, 0.2) is 30.3 Å². The predicted molar refractivity (Wildman–Crippen MR) is 74.3 cm³/mol. The Kier molecular flexibility index (Phi) is 5.51. The number of carbonyl (C=O) groups is 1. The van der Waals surface area contributed by atoms with E-state index < -0.39 is 23.7 Å². The van der Waals surface area contributed by atoms with Gasteiger partial charge in [0, 0.05) is 0 Å². The molecular formula is C15H23NO3. The van der Waals surface area contributed by atoms with Gasteiger partial charge in [0.15, 0.2) is 6.29 Å². The number of aryl methyl sites for hydroxylation is 1. The van der Waals surface area contributed by atoms with Crippen LogP contribution in [0.5, 0.6) is 0 Å². The minimum atomic E-state index is -1.17. The first-order valence-electron chi connectivity index (χ1n) is 6.49. The largest absolute Gasteiger partial charge is 0.369 e. The molecule has 0 aliphatic rings. The van der Waals surface area contributed by atoms with Crippen molar-refractivity contribution in [2.75, 3.05) is 0 Å². The number of rotatable bonds is 6. The predicted octanol–water partition coefficient (Wildman–Crippen LogP) is 1.85. The lowest BCUT2D eigenvalue weighted by Crippen LogP contribution is -2.39. The van der Waals surface area contributed by atoms with Crippen LogP contribution in [0.1, 0.15) is 32.8 Å². The number of hydrogen-bond acceptors (Lipinski definition) is 3. The van der Waals surface area contributed by atoms with Gasteiger partial charge in [0.2, 0.25) is 5.91 Å². The number of primary amides is 1. The molecule has 2 unspecified atom stereocenters. The van der Waals surface area contributed by atoms with Gasteiger partial charge in [0.05, 0.1) is 11.5 Å². The highest BCUT2D eigenvalue weighted by atomic mass is 16.6. The van der Waals surface area contributed by atoms with Gasteiger partial charge < -0.3 is 15.6 Å². The van der Waals surface area contributed by atoms with E-state index in [1.165, 1.54) is 0 Å². The molecule has 0 aliphatic carbocycles. The molecule has 0 saturated carbocycles. The van der Waals surface area contributed by atoms with E-state index in [0.29, 0.717) is 12.8 Å². The number of amides is 1. The Labute approximate surface area is 114 Å². The van der Waals surface area contributed by atoms with E-state index in [9.17, 15) is 9.90 Å². The molecule has 4 nitrogen and oxygen atoms in total. The molecule has 0 spiro atoms. The Morgan fingerprint density at radius 3 is 2.37 bits per heavy atom. The SMILES string of the molecule is CC(C)(C)OC(O)C(CCc1ccccc1)C(N)=O. The third-order valence-corrected chi connectivity index (χ3v) is 2.77. The van der Waals surface area contributed by atoms with Gasteiger partial charge in [-0.05, 0) is 39.2 Å². The quantitative estimate of drug-likeness (QED) is 0.771. The Morgan fingerprint density at radius 1 is 1.32 bits per heavy atom. The van der Waals surface area contributed by atoms with Crippen LogP contribution in [0.3, 0.4) is 0 Å². The first-order valence-corrected chi connectivity index (χ1v) is 6.49. The molecule has 0 aromatic heterocycles. The van der Waals surface area contributed by atoms with Crippen molar-refractivity contribution >= 4 is 5.91 Å². The number of ether oxygens (including phenoxy) is 1. The van der Waals surface area contributed by atoms with Crippen molar-refractivity contribution in [1.82, 2.24) is 0 Å². The van der Waals surface area contributed by atoms with Gasteiger partial charge in [-0.15, -0.1) is 0 Å². The topological polar surface area (TPSA) is 72.6 Å². The average molecular weight is 265 g/mol. The second kappa shape index (κ2) is 6.68. The van der Waals surface area contributed by atoms with Crippen LogP contribution < -0.4 is 5.73 Å². The number of benzene rings is 1. The third kappa shape index (κ3) is 5.85. The third-order valence-electron chi connectivity index (χ3n) is 2.77. The first kappa shape index (κ1) is 15.7. The van der Waals surface area contributed by atoms with Gasteiger partial charge in [-0.25, -0.2) is 0 Å². The summed E-state index contributed by atoms with van der Waals surface area (Å²) in [5, 5.41) is 9.97. The van der Waals surface area contributed by atoms with Crippen LogP contribution in [0, 0.1) is 5.92 Å². The standard InChI is InChI=1S/C15H23NO3/c1-15(2,3)19-14(18)12(13(16)17)10-9-11-7-5-4-6-8-11/h4-8,12,14,18H,9-10H2,1-3H3,(H2,16,17). The smallest absolute Gasteiger partial charge is 0.225 e. The number of nitrogens with two attached hydrogens (primary N) is 1. The highest BCUT2D eigenvalue weighted by Crippen LogP contribution is 2.19. The molecule has 3 N–H and O–H groups in total. The van der Waals surface area contributed by atoms with Crippen molar-refractivity contribution in [3.63, 3.8) is 0 Å². The van der Waals surface area contributed by atoms with E-state index in [4.69, 9.17) is 10.5 Å². The molecule has 0 saturated heterocycles. The van der Waals surface area contributed by atoms with Gasteiger partial charge >= 0.3 is 0 Å². The van der Waals surface area contributed by atoms with Gasteiger partial charge in [0.25, 0.3) is 0 Å². The molecular weight excluding hydrogens is 242 g/mol. The highest BCUT2D eigenvalue weighted by molar-refractivity contribution is 5.77. The van der Waals surface area contributed by atoms with E-state index in [-0.39, 0.29) is 0 Å². The van der Waals surface area contributed by atoms with Crippen molar-refractivity contribution in [3.05, 3.63) is 35.9 Å². The summed E-state index contributed by atoms with van der Waals surface area (Å²) in [5.41, 5.74) is 5.94. The average Bonchev–Trinajstić information content (AvgIpc) is 2.27. The normalized spacial score (nSPS) is 14.9. The summed E-state index contributed by atoms with van der Waals surface area (Å²) in [7, 11) is 0. The maximum Gasteiger partial charge on any atom is 0.225 e. The summed E-state index contributed by atoms with van der Waals surface area (Å²) < 4.78 is 5.40. The fraction of sp³-hybridized carbons (Fsp3) is 0.533. The Hall–Kier alpha value is -1.39. The van der Waals surface area contributed by atoms with Crippen LogP contribution in [0.4, 0.5) is 0 Å². The summed E-state index contributed by atoms with van der Waals surface area (Å²) in [6.45, 7) is 5.47. The molecule has 4 heteroatoms. The number of hydrogen-bond donors (Lipinski definition) is 2. The maximum atomic E-state index is 11.4. The minimum Gasteiger partial charge on any atom is -0.369 e. The lowest BCUT2D eigenvalue weighted by molar-refractivity contribution is -0.193. The molecule has 2 atom stereocenters. The van der Waals surface area contributed by atoms with Crippen LogP contribution in [-0.2, 0) is 16.0 Å². The summed E-state index contributed by atoms with van der Waals surface area (Å²) in [4.78, 5) is 11.4. The van der Waals surface area contributed by atoms with E-state index in [0.717, 1.165) is 5.56 Å². The van der Waals surface area contributed by atoms with Crippen molar-refractivity contribution in [3.8, 4) is 0 Å². The number of carbonyl (C=O) groups excluding carboxylic acids is 1. The van der Waals surface area contributed by atoms with Gasteiger partial charge in [-0.1, -0.05) is 30.3 Å². The number of aliphatic hydroxyl groups excluding tert-OH is 1. The second-order valence-corrected chi connectivity index (χ2v) is 5.65. The molecule has 0 bridgehead atoms. The van der Waals surface area contributed by atoms with Gasteiger partial charge in [0.1, 0.15) is 0 Å². The Bertz CT molecular complexity index is 398. The lowest BCUT2D eigenvalue weighted by atomic mass is 9.98. The highest BCUT2D eigenvalue weighted by Gasteiger charge is 2.28. The molecule has 1 aromatic carbocycles. The molecule has 0 fully saturated rings. The van der Waals surface area contributed by atoms with Crippen LogP contribution in [0.2, 0.25) is 0 Å². The molecule has 19 heavy (non-hydrogen) atoms. The molecule has 1 rings (SSSR count). The molecule has 106 valence electrons.